The van der Waals surface area contributed by atoms with Gasteiger partial charge in [0.15, 0.2) is 10.9 Å². The van der Waals surface area contributed by atoms with E-state index in [2.05, 4.69) is 9.97 Å². The first-order valence-corrected chi connectivity index (χ1v) is 10.0. The summed E-state index contributed by atoms with van der Waals surface area (Å²) in [5.41, 5.74) is 0.470. The van der Waals surface area contributed by atoms with Crippen LogP contribution in [0.5, 0.6) is 5.75 Å². The molecule has 6 nitrogen and oxygen atoms in total. The van der Waals surface area contributed by atoms with Crippen LogP contribution < -0.4 is 9.64 Å². The molecule has 0 radical (unpaired) electrons. The maximum Gasteiger partial charge on any atom is 0.260 e. The van der Waals surface area contributed by atoms with E-state index in [4.69, 9.17) is 4.74 Å². The van der Waals surface area contributed by atoms with Crippen LogP contribution in [-0.4, -0.2) is 34.1 Å². The second-order valence-corrected chi connectivity index (χ2v) is 7.58. The molecule has 10 heteroatoms. The van der Waals surface area contributed by atoms with Gasteiger partial charge in [0.05, 0.1) is 18.1 Å². The standard InChI is InChI=1S/C21H18F2N4O2S.ClH/c1-29-16-5-2-4-14(10-16)20(28)27(8-3-7-26-9-6-24-13-26)21-25-19-17(23)11-15(22)12-18(19)30-21;/h2,4-6,9-13H,3,7-8H2,1H3;1H. The van der Waals surface area contributed by atoms with Crippen LogP contribution in [0.1, 0.15) is 16.8 Å². The smallest absolute Gasteiger partial charge is 0.260 e. The zero-order chi connectivity index (χ0) is 21.1. The van der Waals surface area contributed by atoms with Gasteiger partial charge in [-0.15, -0.1) is 12.4 Å². The number of halogens is 3. The molecule has 2 aromatic carbocycles. The number of nitrogens with zero attached hydrogens (tertiary/aromatic N) is 4. The van der Waals surface area contributed by atoms with Crippen LogP contribution in [0.15, 0.2) is 55.1 Å². The number of thiazole rings is 1. The average Bonchev–Trinajstić information content (AvgIpc) is 3.40. The molecule has 4 rings (SSSR count). The SMILES string of the molecule is COc1cccc(C(=O)N(CCCn2ccnc2)c2nc3c(F)cc(F)cc3s2)c1.Cl. The molecule has 0 bridgehead atoms. The number of hydrogen-bond donors (Lipinski definition) is 0. The summed E-state index contributed by atoms with van der Waals surface area (Å²) < 4.78 is 35.2. The molecule has 31 heavy (non-hydrogen) atoms. The van der Waals surface area contributed by atoms with Gasteiger partial charge in [0.1, 0.15) is 17.1 Å². The second kappa shape index (κ2) is 9.84. The van der Waals surface area contributed by atoms with Crippen molar-refractivity contribution in [3.8, 4) is 5.75 Å². The molecule has 162 valence electrons. The molecule has 0 unspecified atom stereocenters. The van der Waals surface area contributed by atoms with Gasteiger partial charge in [-0.3, -0.25) is 9.69 Å². The fourth-order valence-electron chi connectivity index (χ4n) is 3.09. The Morgan fingerprint density at radius 2 is 2.10 bits per heavy atom. The molecule has 0 saturated heterocycles. The largest absolute Gasteiger partial charge is 0.497 e. The van der Waals surface area contributed by atoms with E-state index >= 15 is 0 Å². The number of anilines is 1. The van der Waals surface area contributed by atoms with Crippen LogP contribution in [0.25, 0.3) is 10.2 Å². The van der Waals surface area contributed by atoms with Crippen molar-refractivity contribution in [3.05, 3.63) is 72.3 Å². The lowest BCUT2D eigenvalue weighted by molar-refractivity contribution is 0.0986. The number of aromatic nitrogens is 3. The highest BCUT2D eigenvalue weighted by Crippen LogP contribution is 2.32. The van der Waals surface area contributed by atoms with E-state index in [1.54, 1.807) is 36.8 Å². The lowest BCUT2D eigenvalue weighted by Gasteiger charge is -2.20. The summed E-state index contributed by atoms with van der Waals surface area (Å²) in [5.74, 6) is -1.17. The van der Waals surface area contributed by atoms with E-state index in [1.165, 1.54) is 18.1 Å². The molecule has 2 aromatic heterocycles. The van der Waals surface area contributed by atoms with Crippen LogP contribution in [0.4, 0.5) is 13.9 Å². The second-order valence-electron chi connectivity index (χ2n) is 6.57. The fourth-order valence-corrected chi connectivity index (χ4v) is 4.12. The van der Waals surface area contributed by atoms with E-state index in [0.717, 1.165) is 17.4 Å². The third kappa shape index (κ3) is 5.00. The molecule has 0 aliphatic rings. The van der Waals surface area contributed by atoms with Gasteiger partial charge in [-0.05, 0) is 30.7 Å². The molecule has 0 fully saturated rings. The molecular formula is C21H19ClF2N4O2S. The van der Waals surface area contributed by atoms with Gasteiger partial charge < -0.3 is 9.30 Å². The molecule has 0 aliphatic heterocycles. The predicted molar refractivity (Wildman–Crippen MR) is 118 cm³/mol. The quantitative estimate of drug-likeness (QED) is 0.389. The molecule has 0 atom stereocenters. The van der Waals surface area contributed by atoms with Gasteiger partial charge in [-0.1, -0.05) is 17.4 Å². The number of imidazole rings is 1. The van der Waals surface area contributed by atoms with Crippen molar-refractivity contribution in [1.29, 1.82) is 0 Å². The van der Waals surface area contributed by atoms with Gasteiger partial charge in [0, 0.05) is 37.1 Å². The summed E-state index contributed by atoms with van der Waals surface area (Å²) in [6.45, 7) is 0.994. The molecule has 2 heterocycles. The van der Waals surface area contributed by atoms with Crippen molar-refractivity contribution >= 4 is 45.0 Å². The number of carbonyl (C=O) groups is 1. The van der Waals surface area contributed by atoms with Gasteiger partial charge in [0.2, 0.25) is 0 Å². The molecule has 1 amide bonds. The Hall–Kier alpha value is -3.04. The maximum absolute atomic E-state index is 14.2. The zero-order valence-corrected chi connectivity index (χ0v) is 18.1. The van der Waals surface area contributed by atoms with E-state index in [9.17, 15) is 13.6 Å². The molecule has 0 N–H and O–H groups in total. The van der Waals surface area contributed by atoms with Crippen molar-refractivity contribution in [2.45, 2.75) is 13.0 Å². The summed E-state index contributed by atoms with van der Waals surface area (Å²) in [4.78, 5) is 23.1. The summed E-state index contributed by atoms with van der Waals surface area (Å²) in [5, 5.41) is 0.313. The van der Waals surface area contributed by atoms with Crippen LogP contribution >= 0.6 is 23.7 Å². The minimum Gasteiger partial charge on any atom is -0.497 e. The van der Waals surface area contributed by atoms with Crippen molar-refractivity contribution in [3.63, 3.8) is 0 Å². The third-order valence-corrected chi connectivity index (χ3v) is 5.58. The van der Waals surface area contributed by atoms with Crippen LogP contribution in [0.2, 0.25) is 0 Å². The monoisotopic (exact) mass is 464 g/mol. The van der Waals surface area contributed by atoms with E-state index < -0.39 is 11.6 Å². The summed E-state index contributed by atoms with van der Waals surface area (Å²) in [6, 6.07) is 8.80. The molecular weight excluding hydrogens is 446 g/mol. The highest BCUT2D eigenvalue weighted by atomic mass is 35.5. The zero-order valence-electron chi connectivity index (χ0n) is 16.5. The van der Waals surface area contributed by atoms with Crippen LogP contribution in [0.3, 0.4) is 0 Å². The first-order chi connectivity index (χ1) is 14.5. The maximum atomic E-state index is 14.2. The van der Waals surface area contributed by atoms with Crippen LogP contribution in [0, 0.1) is 11.6 Å². The average molecular weight is 465 g/mol. The number of ether oxygens (including phenoxy) is 1. The Balaban J connectivity index is 0.00000272. The number of fused-ring (bicyclic) bond motifs is 1. The molecule has 0 saturated carbocycles. The van der Waals surface area contributed by atoms with Gasteiger partial charge >= 0.3 is 0 Å². The van der Waals surface area contributed by atoms with Gasteiger partial charge in [-0.25, -0.2) is 18.7 Å². The Bertz CT molecular complexity index is 1180. The number of rotatable bonds is 7. The van der Waals surface area contributed by atoms with Gasteiger partial charge in [-0.2, -0.15) is 0 Å². The number of hydrogen-bond acceptors (Lipinski definition) is 5. The molecule has 0 aliphatic carbocycles. The van der Waals surface area contributed by atoms with E-state index in [1.807, 2.05) is 10.8 Å². The Morgan fingerprint density at radius 1 is 1.26 bits per heavy atom. The topological polar surface area (TPSA) is 60.2 Å². The van der Waals surface area contributed by atoms with Crippen LogP contribution in [-0.2, 0) is 6.54 Å². The predicted octanol–water partition coefficient (Wildman–Crippen LogP) is 4.94. The first-order valence-electron chi connectivity index (χ1n) is 9.22. The van der Waals surface area contributed by atoms with E-state index in [-0.39, 0.29) is 23.8 Å². The fraction of sp³-hybridized carbons (Fsp3) is 0.190. The van der Waals surface area contributed by atoms with Gasteiger partial charge in [0.25, 0.3) is 5.91 Å². The number of methoxy groups -OCH3 is 1. The summed E-state index contributed by atoms with van der Waals surface area (Å²) in [7, 11) is 1.53. The Labute approximate surface area is 187 Å². The Kier molecular flexibility index (Phi) is 7.19. The van der Waals surface area contributed by atoms with Crippen molar-refractivity contribution in [2.75, 3.05) is 18.6 Å². The Morgan fingerprint density at radius 3 is 2.84 bits per heavy atom. The third-order valence-electron chi connectivity index (χ3n) is 4.55. The lowest BCUT2D eigenvalue weighted by atomic mass is 10.2. The lowest BCUT2D eigenvalue weighted by Crippen LogP contribution is -2.32. The normalized spacial score (nSPS) is 10.7. The number of benzene rings is 2. The molecule has 4 aromatic rings. The summed E-state index contributed by atoms with van der Waals surface area (Å²) in [6.07, 6.45) is 5.84. The first kappa shape index (κ1) is 22.6. The van der Waals surface area contributed by atoms with E-state index in [0.29, 0.717) is 40.7 Å². The number of carbonyl (C=O) groups excluding carboxylic acids is 1. The van der Waals surface area contributed by atoms with Crippen molar-refractivity contribution < 1.29 is 18.3 Å². The summed E-state index contributed by atoms with van der Waals surface area (Å²) >= 11 is 1.08. The number of amides is 1. The minimum absolute atomic E-state index is 0. The highest BCUT2D eigenvalue weighted by molar-refractivity contribution is 7.22. The van der Waals surface area contributed by atoms with Crippen molar-refractivity contribution in [1.82, 2.24) is 14.5 Å². The number of aryl methyl sites for hydroxylation is 1. The minimum atomic E-state index is -0.750. The highest BCUT2D eigenvalue weighted by Gasteiger charge is 2.23. The van der Waals surface area contributed by atoms with Crippen molar-refractivity contribution in [2.24, 2.45) is 0 Å². The molecule has 0 spiro atoms.